The molecular formula is C30H33NO2. The number of hydrogen-bond donors (Lipinski definition) is 1. The van der Waals surface area contributed by atoms with Crippen molar-refractivity contribution in [2.75, 3.05) is 6.54 Å². The largest absolute Gasteiger partial charge is 0.481 e. The summed E-state index contributed by atoms with van der Waals surface area (Å²) in [6, 6.07) is 18.0. The molecule has 1 N–H and O–H groups in total. The van der Waals surface area contributed by atoms with Gasteiger partial charge in [0.25, 0.3) is 0 Å². The van der Waals surface area contributed by atoms with Crippen molar-refractivity contribution in [3.8, 4) is 11.1 Å². The van der Waals surface area contributed by atoms with Gasteiger partial charge in [-0.2, -0.15) is 0 Å². The number of carbonyl (C=O) groups is 1. The summed E-state index contributed by atoms with van der Waals surface area (Å²) in [6.45, 7) is 8.45. The molecule has 0 radical (unpaired) electrons. The summed E-state index contributed by atoms with van der Waals surface area (Å²) in [4.78, 5) is 14.5. The summed E-state index contributed by atoms with van der Waals surface area (Å²) >= 11 is 0. The molecule has 3 heteroatoms. The average Bonchev–Trinajstić information content (AvgIpc) is 2.82. The molecule has 0 fully saturated rings. The van der Waals surface area contributed by atoms with E-state index in [0.717, 1.165) is 49.0 Å². The number of carboxylic acids is 1. The molecule has 3 aromatic carbocycles. The molecule has 5 rings (SSSR count). The second kappa shape index (κ2) is 8.79. The van der Waals surface area contributed by atoms with Crippen LogP contribution in [0.4, 0.5) is 0 Å². The van der Waals surface area contributed by atoms with E-state index in [9.17, 15) is 9.90 Å². The van der Waals surface area contributed by atoms with Crippen molar-refractivity contribution < 1.29 is 9.90 Å². The van der Waals surface area contributed by atoms with Crippen LogP contribution >= 0.6 is 0 Å². The van der Waals surface area contributed by atoms with E-state index in [0.29, 0.717) is 6.04 Å². The number of fused-ring (bicyclic) bond motifs is 2. The third kappa shape index (κ3) is 4.11. The minimum atomic E-state index is -0.760. The van der Waals surface area contributed by atoms with Crippen LogP contribution < -0.4 is 0 Å². The van der Waals surface area contributed by atoms with Crippen molar-refractivity contribution in [3.05, 3.63) is 93.0 Å². The highest BCUT2D eigenvalue weighted by atomic mass is 16.4. The van der Waals surface area contributed by atoms with Gasteiger partial charge in [0.15, 0.2) is 0 Å². The van der Waals surface area contributed by atoms with Gasteiger partial charge in [-0.1, -0.05) is 54.1 Å². The number of aliphatic carboxylic acids is 1. The third-order valence-corrected chi connectivity index (χ3v) is 7.91. The molecule has 1 aliphatic heterocycles. The van der Waals surface area contributed by atoms with Crippen LogP contribution in [0, 0.1) is 20.8 Å². The summed E-state index contributed by atoms with van der Waals surface area (Å²) in [5.41, 5.74) is 12.7. The highest BCUT2D eigenvalue weighted by molar-refractivity contribution is 5.81. The topological polar surface area (TPSA) is 40.5 Å². The fourth-order valence-electron chi connectivity index (χ4n) is 6.07. The fourth-order valence-corrected chi connectivity index (χ4v) is 6.07. The summed E-state index contributed by atoms with van der Waals surface area (Å²) in [5, 5.41) is 9.69. The van der Waals surface area contributed by atoms with Crippen molar-refractivity contribution in [1.29, 1.82) is 0 Å². The Balaban J connectivity index is 1.54. The van der Waals surface area contributed by atoms with Gasteiger partial charge in [0.2, 0.25) is 0 Å². The first kappa shape index (κ1) is 21.9. The standard InChI is InChI=1S/C30H33NO2/c1-19-8-10-23(11-9-19)30-21(3)28-18-31(15-14-26(28)20(2)27(30)17-29(32)33)25-13-12-22-6-4-5-7-24(22)16-25/h4-11,25H,12-18H2,1-3H3,(H,32,33). The molecule has 1 heterocycles. The second-order valence-electron chi connectivity index (χ2n) is 9.88. The Bertz CT molecular complexity index is 1210. The van der Waals surface area contributed by atoms with Crippen LogP contribution in [0.2, 0.25) is 0 Å². The van der Waals surface area contributed by atoms with Crippen LogP contribution in [0.1, 0.15) is 50.9 Å². The molecular weight excluding hydrogens is 406 g/mol. The van der Waals surface area contributed by atoms with Crippen molar-refractivity contribution in [2.45, 2.75) is 65.5 Å². The molecule has 0 aromatic heterocycles. The minimum absolute atomic E-state index is 0.0757. The van der Waals surface area contributed by atoms with E-state index in [-0.39, 0.29) is 6.42 Å². The summed E-state index contributed by atoms with van der Waals surface area (Å²) < 4.78 is 0. The lowest BCUT2D eigenvalue weighted by Gasteiger charge is -2.40. The van der Waals surface area contributed by atoms with Crippen LogP contribution in [0.25, 0.3) is 11.1 Å². The van der Waals surface area contributed by atoms with E-state index in [4.69, 9.17) is 0 Å². The smallest absolute Gasteiger partial charge is 0.307 e. The molecule has 0 bridgehead atoms. The number of hydrogen-bond acceptors (Lipinski definition) is 2. The molecule has 3 nitrogen and oxygen atoms in total. The number of carboxylic acid groups (broad SMARTS) is 1. The van der Waals surface area contributed by atoms with Crippen molar-refractivity contribution in [3.63, 3.8) is 0 Å². The van der Waals surface area contributed by atoms with Gasteiger partial charge in [0.05, 0.1) is 6.42 Å². The van der Waals surface area contributed by atoms with Crippen LogP contribution in [0.5, 0.6) is 0 Å². The summed E-state index contributed by atoms with van der Waals surface area (Å²) in [7, 11) is 0. The molecule has 1 aliphatic carbocycles. The van der Waals surface area contributed by atoms with Crippen molar-refractivity contribution in [2.24, 2.45) is 0 Å². The summed E-state index contributed by atoms with van der Waals surface area (Å²) in [6.07, 6.45) is 4.58. The van der Waals surface area contributed by atoms with Crippen molar-refractivity contribution >= 4 is 5.97 Å². The minimum Gasteiger partial charge on any atom is -0.481 e. The fraction of sp³-hybridized carbons (Fsp3) is 0.367. The Hall–Kier alpha value is -2.91. The van der Waals surface area contributed by atoms with Gasteiger partial charge >= 0.3 is 5.97 Å². The van der Waals surface area contributed by atoms with Gasteiger partial charge in [0, 0.05) is 19.1 Å². The number of nitrogens with zero attached hydrogens (tertiary/aromatic N) is 1. The Morgan fingerprint density at radius 1 is 0.939 bits per heavy atom. The first-order valence-corrected chi connectivity index (χ1v) is 12.2. The van der Waals surface area contributed by atoms with E-state index < -0.39 is 5.97 Å². The second-order valence-corrected chi connectivity index (χ2v) is 9.88. The Labute approximate surface area is 197 Å². The number of benzene rings is 3. The maximum Gasteiger partial charge on any atom is 0.307 e. The van der Waals surface area contributed by atoms with E-state index >= 15 is 0 Å². The van der Waals surface area contributed by atoms with Crippen LogP contribution in [0.15, 0.2) is 48.5 Å². The quantitative estimate of drug-likeness (QED) is 0.557. The van der Waals surface area contributed by atoms with Crippen LogP contribution in [-0.4, -0.2) is 28.6 Å². The lowest BCUT2D eigenvalue weighted by atomic mass is 9.80. The first-order chi connectivity index (χ1) is 15.9. The third-order valence-electron chi connectivity index (χ3n) is 7.91. The van der Waals surface area contributed by atoms with E-state index in [2.05, 4.69) is 74.2 Å². The number of aryl methyl sites for hydroxylation is 2. The number of rotatable bonds is 4. The molecule has 0 saturated heterocycles. The SMILES string of the molecule is Cc1ccc(-c2c(C)c3c(c(C)c2CC(=O)O)CCN(C2CCc4ccccc4C2)C3)cc1. The Kier molecular flexibility index (Phi) is 5.84. The lowest BCUT2D eigenvalue weighted by Crippen LogP contribution is -2.43. The molecule has 1 unspecified atom stereocenters. The predicted molar refractivity (Wildman–Crippen MR) is 134 cm³/mol. The predicted octanol–water partition coefficient (Wildman–Crippen LogP) is 5.82. The maximum atomic E-state index is 11.8. The van der Waals surface area contributed by atoms with Gasteiger partial charge in [-0.15, -0.1) is 0 Å². The summed E-state index contributed by atoms with van der Waals surface area (Å²) in [5.74, 6) is -0.760. The highest BCUT2D eigenvalue weighted by Crippen LogP contribution is 2.39. The maximum absolute atomic E-state index is 11.8. The molecule has 170 valence electrons. The van der Waals surface area contributed by atoms with Crippen molar-refractivity contribution in [1.82, 2.24) is 4.90 Å². The van der Waals surface area contributed by atoms with E-state index in [1.807, 2.05) is 0 Å². The van der Waals surface area contributed by atoms with Gasteiger partial charge < -0.3 is 5.11 Å². The lowest BCUT2D eigenvalue weighted by molar-refractivity contribution is -0.136. The zero-order chi connectivity index (χ0) is 23.1. The first-order valence-electron chi connectivity index (χ1n) is 12.2. The van der Waals surface area contributed by atoms with Crippen LogP contribution in [-0.2, 0) is 37.0 Å². The normalized spacial score (nSPS) is 18.0. The van der Waals surface area contributed by atoms with Gasteiger partial charge in [0.1, 0.15) is 0 Å². The van der Waals surface area contributed by atoms with E-state index in [1.165, 1.54) is 45.4 Å². The van der Waals surface area contributed by atoms with Gasteiger partial charge in [-0.05, 0) is 96.5 Å². The Morgan fingerprint density at radius 2 is 1.67 bits per heavy atom. The Morgan fingerprint density at radius 3 is 2.39 bits per heavy atom. The van der Waals surface area contributed by atoms with Crippen LogP contribution in [0.3, 0.4) is 0 Å². The van der Waals surface area contributed by atoms with Gasteiger partial charge in [-0.25, -0.2) is 0 Å². The molecule has 0 amide bonds. The molecule has 33 heavy (non-hydrogen) atoms. The molecule has 1 atom stereocenters. The molecule has 3 aromatic rings. The monoisotopic (exact) mass is 439 g/mol. The van der Waals surface area contributed by atoms with Gasteiger partial charge in [-0.3, -0.25) is 9.69 Å². The average molecular weight is 440 g/mol. The zero-order valence-corrected chi connectivity index (χ0v) is 19.9. The molecule has 0 spiro atoms. The molecule has 0 saturated carbocycles. The highest BCUT2D eigenvalue weighted by Gasteiger charge is 2.30. The van der Waals surface area contributed by atoms with E-state index in [1.54, 1.807) is 0 Å². The zero-order valence-electron chi connectivity index (χ0n) is 19.9. The molecule has 2 aliphatic rings.